The lowest BCUT2D eigenvalue weighted by molar-refractivity contribution is 0.575. The topological polar surface area (TPSA) is 24.9 Å². The van der Waals surface area contributed by atoms with Crippen LogP contribution >= 0.6 is 23.1 Å². The van der Waals surface area contributed by atoms with E-state index >= 15 is 0 Å². The van der Waals surface area contributed by atoms with E-state index in [1.165, 1.54) is 26.0 Å². The van der Waals surface area contributed by atoms with Crippen LogP contribution in [0, 0.1) is 13.8 Å². The molecule has 21 heavy (non-hydrogen) atoms. The van der Waals surface area contributed by atoms with Crippen molar-refractivity contribution in [1.29, 1.82) is 0 Å². The first-order chi connectivity index (χ1) is 10.1. The van der Waals surface area contributed by atoms with Crippen molar-refractivity contribution in [1.82, 2.24) is 10.3 Å². The number of nitrogens with zero attached hydrogens (tertiary/aromatic N) is 1. The van der Waals surface area contributed by atoms with Crippen LogP contribution in [0.1, 0.15) is 47.5 Å². The Labute approximate surface area is 136 Å². The molecule has 0 aliphatic carbocycles. The highest BCUT2D eigenvalue weighted by atomic mass is 32.2. The molecule has 114 valence electrons. The molecular weight excluding hydrogens is 296 g/mol. The average molecular weight is 321 g/mol. The van der Waals surface area contributed by atoms with Gasteiger partial charge in [0.05, 0.1) is 11.4 Å². The highest BCUT2D eigenvalue weighted by Crippen LogP contribution is 2.30. The molecule has 0 aliphatic rings. The Balaban J connectivity index is 1.98. The fourth-order valence-electron chi connectivity index (χ4n) is 2.23. The first kappa shape index (κ1) is 16.5. The van der Waals surface area contributed by atoms with Gasteiger partial charge in [-0.3, -0.25) is 0 Å². The Morgan fingerprint density at radius 3 is 2.86 bits per heavy atom. The lowest BCUT2D eigenvalue weighted by Gasteiger charge is -2.11. The summed E-state index contributed by atoms with van der Waals surface area (Å²) >= 11 is 3.71. The van der Waals surface area contributed by atoms with Crippen LogP contribution in [0.5, 0.6) is 0 Å². The Morgan fingerprint density at radius 2 is 2.14 bits per heavy atom. The number of rotatable bonds is 7. The van der Waals surface area contributed by atoms with E-state index in [4.69, 9.17) is 4.98 Å². The van der Waals surface area contributed by atoms with E-state index < -0.39 is 0 Å². The molecule has 0 saturated carbocycles. The van der Waals surface area contributed by atoms with Gasteiger partial charge in [0.15, 0.2) is 0 Å². The van der Waals surface area contributed by atoms with Crippen LogP contribution in [0.4, 0.5) is 0 Å². The second-order valence-corrected chi connectivity index (χ2v) is 7.50. The number of benzene rings is 1. The van der Waals surface area contributed by atoms with Crippen molar-refractivity contribution >= 4 is 23.1 Å². The average Bonchev–Trinajstić information content (AvgIpc) is 2.84. The number of nitrogens with one attached hydrogen (secondary N) is 1. The van der Waals surface area contributed by atoms with E-state index in [0.717, 1.165) is 18.7 Å². The van der Waals surface area contributed by atoms with Crippen molar-refractivity contribution < 1.29 is 0 Å². The molecule has 2 rings (SSSR count). The van der Waals surface area contributed by atoms with Gasteiger partial charge in [0.25, 0.3) is 0 Å². The molecule has 1 unspecified atom stereocenters. The molecule has 0 radical (unpaired) electrons. The van der Waals surface area contributed by atoms with Crippen LogP contribution in [0.2, 0.25) is 0 Å². The quantitative estimate of drug-likeness (QED) is 0.717. The maximum atomic E-state index is 4.73. The summed E-state index contributed by atoms with van der Waals surface area (Å²) in [7, 11) is 0. The molecule has 0 aliphatic heterocycles. The SMILES string of the molecule is CCCNC(C)c1sc(CSc2cccc(C)c2)nc1C. The number of thioether (sulfide) groups is 1. The van der Waals surface area contributed by atoms with E-state index in [2.05, 4.69) is 57.3 Å². The van der Waals surface area contributed by atoms with Gasteiger partial charge in [0.1, 0.15) is 5.01 Å². The number of aryl methyl sites for hydroxylation is 2. The molecule has 0 fully saturated rings. The lowest BCUT2D eigenvalue weighted by atomic mass is 10.2. The van der Waals surface area contributed by atoms with Gasteiger partial charge >= 0.3 is 0 Å². The van der Waals surface area contributed by atoms with Gasteiger partial charge in [-0.05, 0) is 45.9 Å². The summed E-state index contributed by atoms with van der Waals surface area (Å²) in [5.41, 5.74) is 2.49. The third-order valence-electron chi connectivity index (χ3n) is 3.32. The molecule has 4 heteroatoms. The van der Waals surface area contributed by atoms with Crippen molar-refractivity contribution in [2.24, 2.45) is 0 Å². The Morgan fingerprint density at radius 1 is 1.33 bits per heavy atom. The fourth-order valence-corrected chi connectivity index (χ4v) is 4.33. The fraction of sp³-hybridized carbons (Fsp3) is 0.471. The smallest absolute Gasteiger partial charge is 0.103 e. The Bertz CT molecular complexity index is 578. The molecule has 0 spiro atoms. The van der Waals surface area contributed by atoms with Crippen LogP contribution in [-0.4, -0.2) is 11.5 Å². The molecule has 0 saturated heterocycles. The summed E-state index contributed by atoms with van der Waals surface area (Å²) in [4.78, 5) is 7.43. The van der Waals surface area contributed by atoms with Gasteiger partial charge in [-0.1, -0.05) is 24.6 Å². The first-order valence-corrected chi connectivity index (χ1v) is 9.29. The molecule has 2 aromatic rings. The summed E-state index contributed by atoms with van der Waals surface area (Å²) in [6.45, 7) is 9.75. The number of hydrogen-bond acceptors (Lipinski definition) is 4. The van der Waals surface area contributed by atoms with Gasteiger partial charge in [-0.15, -0.1) is 23.1 Å². The van der Waals surface area contributed by atoms with Crippen LogP contribution < -0.4 is 5.32 Å². The van der Waals surface area contributed by atoms with Crippen LogP contribution in [0.15, 0.2) is 29.2 Å². The molecular formula is C17H24N2S2. The zero-order chi connectivity index (χ0) is 15.2. The minimum Gasteiger partial charge on any atom is -0.309 e. The van der Waals surface area contributed by atoms with Crippen LogP contribution in [0.3, 0.4) is 0 Å². The van der Waals surface area contributed by atoms with Gasteiger partial charge in [0, 0.05) is 15.8 Å². The third-order valence-corrected chi connectivity index (χ3v) is 5.85. The van der Waals surface area contributed by atoms with Gasteiger partial charge < -0.3 is 5.32 Å². The van der Waals surface area contributed by atoms with Crippen molar-refractivity contribution in [2.75, 3.05) is 6.54 Å². The predicted molar refractivity (Wildman–Crippen MR) is 94.3 cm³/mol. The van der Waals surface area contributed by atoms with E-state index in [9.17, 15) is 0 Å². The van der Waals surface area contributed by atoms with Gasteiger partial charge in [-0.25, -0.2) is 4.98 Å². The highest BCUT2D eigenvalue weighted by molar-refractivity contribution is 7.98. The summed E-state index contributed by atoms with van der Waals surface area (Å²) in [6, 6.07) is 9.06. The van der Waals surface area contributed by atoms with Gasteiger partial charge in [0.2, 0.25) is 0 Å². The Hall–Kier alpha value is -0.840. The predicted octanol–water partition coefficient (Wildman–Crippen LogP) is 5.11. The molecule has 0 bridgehead atoms. The second kappa shape index (κ2) is 7.97. The van der Waals surface area contributed by atoms with Crippen molar-refractivity contribution in [2.45, 2.75) is 50.8 Å². The molecule has 1 aromatic heterocycles. The van der Waals surface area contributed by atoms with Crippen molar-refractivity contribution in [3.8, 4) is 0 Å². The summed E-state index contributed by atoms with van der Waals surface area (Å²) in [5, 5.41) is 4.77. The number of hydrogen-bond donors (Lipinski definition) is 1. The summed E-state index contributed by atoms with van der Waals surface area (Å²) in [6.07, 6.45) is 1.16. The summed E-state index contributed by atoms with van der Waals surface area (Å²) in [5.74, 6) is 0.954. The molecule has 2 nitrogen and oxygen atoms in total. The summed E-state index contributed by atoms with van der Waals surface area (Å²) < 4.78 is 0. The zero-order valence-electron chi connectivity index (χ0n) is 13.3. The molecule has 1 heterocycles. The first-order valence-electron chi connectivity index (χ1n) is 7.49. The molecule has 1 N–H and O–H groups in total. The maximum Gasteiger partial charge on any atom is 0.103 e. The standard InChI is InChI=1S/C17H24N2S2/c1-5-9-18-13(3)17-14(4)19-16(21-17)11-20-15-8-6-7-12(2)10-15/h6-8,10,13,18H,5,9,11H2,1-4H3. The normalized spacial score (nSPS) is 12.6. The van der Waals surface area contributed by atoms with Crippen molar-refractivity contribution in [3.63, 3.8) is 0 Å². The van der Waals surface area contributed by atoms with Crippen molar-refractivity contribution in [3.05, 3.63) is 45.4 Å². The minimum atomic E-state index is 0.403. The number of thiazole rings is 1. The maximum absolute atomic E-state index is 4.73. The van der Waals surface area contributed by atoms with Crippen LogP contribution in [0.25, 0.3) is 0 Å². The largest absolute Gasteiger partial charge is 0.309 e. The molecule has 0 amide bonds. The second-order valence-electron chi connectivity index (χ2n) is 5.34. The molecule has 1 atom stereocenters. The van der Waals surface area contributed by atoms with E-state index in [1.807, 2.05) is 23.1 Å². The van der Waals surface area contributed by atoms with E-state index in [0.29, 0.717) is 6.04 Å². The monoisotopic (exact) mass is 320 g/mol. The van der Waals surface area contributed by atoms with Gasteiger partial charge in [-0.2, -0.15) is 0 Å². The van der Waals surface area contributed by atoms with E-state index in [-0.39, 0.29) is 0 Å². The zero-order valence-corrected chi connectivity index (χ0v) is 14.9. The highest BCUT2D eigenvalue weighted by Gasteiger charge is 2.13. The lowest BCUT2D eigenvalue weighted by Crippen LogP contribution is -2.18. The Kier molecular flexibility index (Phi) is 6.27. The van der Waals surface area contributed by atoms with E-state index in [1.54, 1.807) is 0 Å². The minimum absolute atomic E-state index is 0.403. The molecule has 1 aromatic carbocycles. The number of aromatic nitrogens is 1. The third kappa shape index (κ3) is 4.83. The van der Waals surface area contributed by atoms with Crippen LogP contribution in [-0.2, 0) is 5.75 Å².